The summed E-state index contributed by atoms with van der Waals surface area (Å²) in [5, 5.41) is 0. The van der Waals surface area contributed by atoms with Crippen molar-refractivity contribution in [3.8, 4) is 5.75 Å². The largest absolute Gasteiger partial charge is 0.497 e. The van der Waals surface area contributed by atoms with Crippen molar-refractivity contribution in [2.75, 3.05) is 7.11 Å². The van der Waals surface area contributed by atoms with Gasteiger partial charge in [0.25, 0.3) is 0 Å². The third-order valence-electron chi connectivity index (χ3n) is 3.78. The van der Waals surface area contributed by atoms with Crippen LogP contribution >= 0.6 is 0 Å². The minimum atomic E-state index is 0.910. The number of pyridine rings is 1. The molecule has 0 atom stereocenters. The maximum Gasteiger partial charge on any atom is 0.118 e. The molecule has 1 aromatic heterocycles. The van der Waals surface area contributed by atoms with Crippen molar-refractivity contribution in [2.24, 2.45) is 0 Å². The number of aryl methyl sites for hydroxylation is 3. The molecule has 0 saturated heterocycles. The van der Waals surface area contributed by atoms with Crippen LogP contribution in [0.5, 0.6) is 5.75 Å². The lowest BCUT2D eigenvalue weighted by Crippen LogP contribution is -1.96. The molecule has 2 nitrogen and oxygen atoms in total. The summed E-state index contributed by atoms with van der Waals surface area (Å²) in [6, 6.07) is 12.7. The maximum atomic E-state index is 5.17. The van der Waals surface area contributed by atoms with Crippen LogP contribution in [-0.2, 0) is 19.3 Å². The molecule has 0 N–H and O–H groups in total. The smallest absolute Gasteiger partial charge is 0.118 e. The van der Waals surface area contributed by atoms with Crippen molar-refractivity contribution in [1.29, 1.82) is 0 Å². The van der Waals surface area contributed by atoms with Crippen LogP contribution in [-0.4, -0.2) is 12.1 Å². The molecule has 0 amide bonds. The fourth-order valence-corrected chi connectivity index (χ4v) is 2.39. The lowest BCUT2D eigenvalue weighted by atomic mass is 10.1. The molecule has 1 heterocycles. The minimum absolute atomic E-state index is 0.910. The number of aromatic nitrogens is 1. The number of hydrogen-bond acceptors (Lipinski definition) is 2. The standard InChI is InChI=1S/C19H25NO/c1-3-4-5-6-17-8-12-18(20-15-17)11-7-16-9-13-19(21-2)14-10-16/h8-10,12-15H,3-7,11H2,1-2H3. The van der Waals surface area contributed by atoms with E-state index in [1.807, 2.05) is 18.3 Å². The van der Waals surface area contributed by atoms with Crippen LogP contribution in [0.3, 0.4) is 0 Å². The number of nitrogens with zero attached hydrogens (tertiary/aromatic N) is 1. The van der Waals surface area contributed by atoms with Gasteiger partial charge in [0.05, 0.1) is 7.11 Å². The number of methoxy groups -OCH3 is 1. The molecule has 2 aromatic rings. The average molecular weight is 283 g/mol. The van der Waals surface area contributed by atoms with Crippen LogP contribution < -0.4 is 4.74 Å². The predicted molar refractivity (Wildman–Crippen MR) is 87.9 cm³/mol. The van der Waals surface area contributed by atoms with Gasteiger partial charge in [0, 0.05) is 11.9 Å². The molecule has 0 saturated carbocycles. The Hall–Kier alpha value is -1.83. The van der Waals surface area contributed by atoms with E-state index in [0.717, 1.165) is 25.0 Å². The van der Waals surface area contributed by atoms with E-state index in [-0.39, 0.29) is 0 Å². The molecule has 0 aliphatic rings. The summed E-state index contributed by atoms with van der Waals surface area (Å²) in [6.07, 6.45) is 9.04. The van der Waals surface area contributed by atoms with E-state index in [1.54, 1.807) is 7.11 Å². The molecule has 0 aliphatic carbocycles. The summed E-state index contributed by atoms with van der Waals surface area (Å²) < 4.78 is 5.17. The second-order valence-corrected chi connectivity index (χ2v) is 5.46. The van der Waals surface area contributed by atoms with Gasteiger partial charge in [-0.15, -0.1) is 0 Å². The van der Waals surface area contributed by atoms with Crippen LogP contribution in [0.25, 0.3) is 0 Å². The van der Waals surface area contributed by atoms with E-state index in [9.17, 15) is 0 Å². The van der Waals surface area contributed by atoms with Gasteiger partial charge in [-0.05, 0) is 55.0 Å². The molecular weight excluding hydrogens is 258 g/mol. The van der Waals surface area contributed by atoms with Gasteiger partial charge >= 0.3 is 0 Å². The summed E-state index contributed by atoms with van der Waals surface area (Å²) in [5.74, 6) is 0.910. The molecule has 21 heavy (non-hydrogen) atoms. The Bertz CT molecular complexity index is 516. The molecule has 0 bridgehead atoms. The van der Waals surface area contributed by atoms with Crippen molar-refractivity contribution in [1.82, 2.24) is 4.98 Å². The van der Waals surface area contributed by atoms with Crippen molar-refractivity contribution in [3.05, 3.63) is 59.4 Å². The first kappa shape index (κ1) is 15.6. The first-order chi connectivity index (χ1) is 10.3. The summed E-state index contributed by atoms with van der Waals surface area (Å²) in [5.41, 5.74) is 3.85. The molecule has 1 aromatic carbocycles. The van der Waals surface area contributed by atoms with E-state index >= 15 is 0 Å². The number of unbranched alkanes of at least 4 members (excludes halogenated alkanes) is 2. The van der Waals surface area contributed by atoms with E-state index in [1.165, 1.54) is 36.1 Å². The van der Waals surface area contributed by atoms with Gasteiger partial charge in [0.15, 0.2) is 0 Å². The Morgan fingerprint density at radius 2 is 1.62 bits per heavy atom. The summed E-state index contributed by atoms with van der Waals surface area (Å²) in [7, 11) is 1.70. The van der Waals surface area contributed by atoms with Crippen LogP contribution in [0, 0.1) is 0 Å². The normalized spacial score (nSPS) is 10.6. The Morgan fingerprint density at radius 1 is 0.857 bits per heavy atom. The van der Waals surface area contributed by atoms with E-state index < -0.39 is 0 Å². The van der Waals surface area contributed by atoms with Gasteiger partial charge in [0.1, 0.15) is 5.75 Å². The molecule has 0 aliphatic heterocycles. The average Bonchev–Trinajstić information content (AvgIpc) is 2.55. The summed E-state index contributed by atoms with van der Waals surface area (Å²) in [6.45, 7) is 2.24. The summed E-state index contributed by atoms with van der Waals surface area (Å²) >= 11 is 0. The number of hydrogen-bond donors (Lipinski definition) is 0. The van der Waals surface area contributed by atoms with E-state index in [0.29, 0.717) is 0 Å². The van der Waals surface area contributed by atoms with Crippen molar-refractivity contribution in [3.63, 3.8) is 0 Å². The molecular formula is C19H25NO. The van der Waals surface area contributed by atoms with Crippen LogP contribution in [0.2, 0.25) is 0 Å². The monoisotopic (exact) mass is 283 g/mol. The van der Waals surface area contributed by atoms with Crippen LogP contribution in [0.4, 0.5) is 0 Å². The Kier molecular flexibility index (Phi) is 6.26. The third-order valence-corrected chi connectivity index (χ3v) is 3.78. The Labute approximate surface area is 128 Å². The quantitative estimate of drug-likeness (QED) is 0.660. The SMILES string of the molecule is CCCCCc1ccc(CCc2ccc(OC)cc2)nc1. The highest BCUT2D eigenvalue weighted by molar-refractivity contribution is 5.27. The van der Waals surface area contributed by atoms with Gasteiger partial charge in [-0.1, -0.05) is 38.0 Å². The van der Waals surface area contributed by atoms with Crippen molar-refractivity contribution in [2.45, 2.75) is 45.4 Å². The fourth-order valence-electron chi connectivity index (χ4n) is 2.39. The minimum Gasteiger partial charge on any atom is -0.497 e. The Balaban J connectivity index is 1.82. The third kappa shape index (κ3) is 5.22. The lowest BCUT2D eigenvalue weighted by molar-refractivity contribution is 0.414. The second kappa shape index (κ2) is 8.46. The first-order valence-corrected chi connectivity index (χ1v) is 7.88. The van der Waals surface area contributed by atoms with Gasteiger partial charge < -0.3 is 4.74 Å². The Morgan fingerprint density at radius 3 is 2.24 bits per heavy atom. The van der Waals surface area contributed by atoms with Crippen molar-refractivity contribution < 1.29 is 4.74 Å². The number of benzene rings is 1. The van der Waals surface area contributed by atoms with Crippen LogP contribution in [0.15, 0.2) is 42.6 Å². The molecule has 2 heteroatoms. The highest BCUT2D eigenvalue weighted by Crippen LogP contribution is 2.13. The van der Waals surface area contributed by atoms with Crippen molar-refractivity contribution >= 4 is 0 Å². The zero-order chi connectivity index (χ0) is 14.9. The topological polar surface area (TPSA) is 22.1 Å². The van der Waals surface area contributed by atoms with Gasteiger partial charge in [-0.3, -0.25) is 4.98 Å². The molecule has 0 spiro atoms. The van der Waals surface area contributed by atoms with E-state index in [2.05, 4.69) is 36.2 Å². The lowest BCUT2D eigenvalue weighted by Gasteiger charge is -2.05. The molecule has 0 unspecified atom stereocenters. The summed E-state index contributed by atoms with van der Waals surface area (Å²) in [4.78, 5) is 4.58. The molecule has 2 rings (SSSR count). The second-order valence-electron chi connectivity index (χ2n) is 5.46. The highest BCUT2D eigenvalue weighted by atomic mass is 16.5. The van der Waals surface area contributed by atoms with Gasteiger partial charge in [-0.25, -0.2) is 0 Å². The van der Waals surface area contributed by atoms with E-state index in [4.69, 9.17) is 4.74 Å². The fraction of sp³-hybridized carbons (Fsp3) is 0.421. The van der Waals surface area contributed by atoms with Gasteiger partial charge in [0.2, 0.25) is 0 Å². The van der Waals surface area contributed by atoms with Crippen LogP contribution in [0.1, 0.15) is 43.0 Å². The molecule has 112 valence electrons. The zero-order valence-corrected chi connectivity index (χ0v) is 13.1. The predicted octanol–water partition coefficient (Wildman–Crippen LogP) is 4.61. The number of ether oxygens (including phenoxy) is 1. The number of rotatable bonds is 8. The first-order valence-electron chi connectivity index (χ1n) is 7.88. The zero-order valence-electron chi connectivity index (χ0n) is 13.1. The molecule has 0 fully saturated rings. The van der Waals surface area contributed by atoms with Gasteiger partial charge in [-0.2, -0.15) is 0 Å². The molecule has 0 radical (unpaired) electrons. The maximum absolute atomic E-state index is 5.17. The highest BCUT2D eigenvalue weighted by Gasteiger charge is 1.99.